The van der Waals surface area contributed by atoms with E-state index >= 15 is 0 Å². The number of nitro benzene ring substituents is 1. The average molecular weight is 383 g/mol. The van der Waals surface area contributed by atoms with E-state index in [4.69, 9.17) is 23.2 Å². The van der Waals surface area contributed by atoms with Crippen LogP contribution in [-0.4, -0.2) is 13.3 Å². The van der Waals surface area contributed by atoms with Crippen molar-refractivity contribution in [2.24, 2.45) is 0 Å². The third-order valence-corrected chi connectivity index (χ3v) is 5.37. The molecule has 0 aromatic heterocycles. The second kappa shape index (κ2) is 7.01. The second-order valence-electron chi connectivity index (χ2n) is 4.55. The average Bonchev–Trinajstić information content (AvgIpc) is 2.55. The van der Waals surface area contributed by atoms with Crippen LogP contribution < -0.4 is 0 Å². The van der Waals surface area contributed by atoms with Gasteiger partial charge in [0.25, 0.3) is 5.69 Å². The molecule has 9 heteroatoms. The number of sulfone groups is 1. The van der Waals surface area contributed by atoms with Gasteiger partial charge >= 0.3 is 0 Å². The van der Waals surface area contributed by atoms with Crippen LogP contribution in [0.25, 0.3) is 6.08 Å². The quantitative estimate of drug-likeness (QED) is 0.447. The molecular weight excluding hydrogens is 375 g/mol. The van der Waals surface area contributed by atoms with Crippen LogP contribution in [0.5, 0.6) is 0 Å². The summed E-state index contributed by atoms with van der Waals surface area (Å²) in [6, 6.07) is 10.6. The first-order valence-corrected chi connectivity index (χ1v) is 8.56. The van der Waals surface area contributed by atoms with Gasteiger partial charge in [0.05, 0.1) is 14.8 Å². The molecule has 0 aliphatic carbocycles. The zero-order valence-corrected chi connectivity index (χ0v) is 14.1. The molecule has 2 rings (SSSR count). The van der Waals surface area contributed by atoms with E-state index in [0.29, 0.717) is 5.56 Å². The highest BCUT2D eigenvalue weighted by atomic mass is 35.5. The lowest BCUT2D eigenvalue weighted by molar-refractivity contribution is -0.384. The van der Waals surface area contributed by atoms with Gasteiger partial charge in [-0.1, -0.05) is 23.2 Å². The molecule has 0 atom stereocenters. The molecule has 122 valence electrons. The zero-order valence-electron chi connectivity index (χ0n) is 11.8. The molecule has 6 nitrogen and oxygen atoms in total. The summed E-state index contributed by atoms with van der Waals surface area (Å²) in [6.07, 6.45) is 1.11. The zero-order chi connectivity index (χ0) is 17.9. The van der Waals surface area contributed by atoms with Crippen molar-refractivity contribution in [3.8, 4) is 6.07 Å². The van der Waals surface area contributed by atoms with Crippen LogP contribution in [0.1, 0.15) is 5.56 Å². The number of halogens is 2. The number of nitrogens with zero attached hydrogens (tertiary/aromatic N) is 2. The van der Waals surface area contributed by atoms with Crippen LogP contribution in [0.3, 0.4) is 0 Å². The van der Waals surface area contributed by atoms with E-state index in [0.717, 1.165) is 12.1 Å². The predicted octanol–water partition coefficient (Wildman–Crippen LogP) is 4.24. The highest BCUT2D eigenvalue weighted by Gasteiger charge is 2.24. The number of nitro groups is 1. The fourth-order valence-electron chi connectivity index (χ4n) is 1.82. The Morgan fingerprint density at radius 1 is 1.17 bits per heavy atom. The van der Waals surface area contributed by atoms with Crippen LogP contribution in [0.15, 0.2) is 52.3 Å². The maximum atomic E-state index is 12.6. The fraction of sp³-hybridized carbons (Fsp3) is 0. The van der Waals surface area contributed by atoms with Gasteiger partial charge in [-0.2, -0.15) is 5.26 Å². The van der Waals surface area contributed by atoms with Gasteiger partial charge in [-0.05, 0) is 42.0 Å². The van der Waals surface area contributed by atoms with E-state index in [1.165, 1.54) is 36.4 Å². The summed E-state index contributed by atoms with van der Waals surface area (Å²) in [5.74, 6) is 0. The lowest BCUT2D eigenvalue weighted by atomic mass is 10.2. The van der Waals surface area contributed by atoms with Crippen molar-refractivity contribution in [2.45, 2.75) is 4.90 Å². The third-order valence-electron chi connectivity index (χ3n) is 2.98. The van der Waals surface area contributed by atoms with Crippen LogP contribution in [-0.2, 0) is 9.84 Å². The number of allylic oxidation sites excluding steroid dienone is 1. The predicted molar refractivity (Wildman–Crippen MR) is 90.3 cm³/mol. The highest BCUT2D eigenvalue weighted by Crippen LogP contribution is 2.30. The molecule has 0 aliphatic rings. The SMILES string of the molecule is N#C/C(=C\c1ccc([N+](=O)[O-])cc1)S(=O)(=O)c1cc(Cl)ccc1Cl. The van der Waals surface area contributed by atoms with Crippen molar-refractivity contribution in [3.05, 3.63) is 73.1 Å². The van der Waals surface area contributed by atoms with E-state index < -0.39 is 19.7 Å². The maximum Gasteiger partial charge on any atom is 0.269 e. The number of benzene rings is 2. The van der Waals surface area contributed by atoms with Crippen LogP contribution in [0.2, 0.25) is 10.0 Å². The molecule has 0 bridgehead atoms. The lowest BCUT2D eigenvalue weighted by Gasteiger charge is -2.06. The molecule has 0 N–H and O–H groups in total. The Hall–Kier alpha value is -2.40. The van der Waals surface area contributed by atoms with Crippen LogP contribution >= 0.6 is 23.2 Å². The third kappa shape index (κ3) is 3.74. The first-order chi connectivity index (χ1) is 11.3. The molecular formula is C15H8Cl2N2O4S. The van der Waals surface area contributed by atoms with Crippen molar-refractivity contribution in [2.75, 3.05) is 0 Å². The lowest BCUT2D eigenvalue weighted by Crippen LogP contribution is -2.04. The summed E-state index contributed by atoms with van der Waals surface area (Å²) in [5.41, 5.74) is 0.172. The summed E-state index contributed by atoms with van der Waals surface area (Å²) in [6.45, 7) is 0. The molecule has 0 spiro atoms. The summed E-state index contributed by atoms with van der Waals surface area (Å²) in [7, 11) is -4.18. The van der Waals surface area contributed by atoms with E-state index in [1.54, 1.807) is 6.07 Å². The Balaban J connectivity index is 2.52. The van der Waals surface area contributed by atoms with Crippen molar-refractivity contribution in [3.63, 3.8) is 0 Å². The molecule has 24 heavy (non-hydrogen) atoms. The van der Waals surface area contributed by atoms with Gasteiger partial charge in [-0.15, -0.1) is 0 Å². The normalized spacial score (nSPS) is 11.8. The van der Waals surface area contributed by atoms with Gasteiger partial charge in [0, 0.05) is 17.2 Å². The Labute approximate surface area is 147 Å². The summed E-state index contributed by atoms with van der Waals surface area (Å²) in [4.78, 5) is 9.20. The van der Waals surface area contributed by atoms with E-state index in [9.17, 15) is 23.8 Å². The van der Waals surface area contributed by atoms with Crippen LogP contribution in [0, 0.1) is 21.4 Å². The number of non-ortho nitro benzene ring substituents is 1. The van der Waals surface area contributed by atoms with Gasteiger partial charge in [0.2, 0.25) is 9.84 Å². The molecule has 0 heterocycles. The molecule has 2 aromatic carbocycles. The van der Waals surface area contributed by atoms with Gasteiger partial charge in [0.1, 0.15) is 11.0 Å². The molecule has 2 aromatic rings. The van der Waals surface area contributed by atoms with Gasteiger partial charge in [-0.25, -0.2) is 8.42 Å². The minimum atomic E-state index is -4.18. The summed E-state index contributed by atoms with van der Waals surface area (Å²) >= 11 is 11.7. The summed E-state index contributed by atoms with van der Waals surface area (Å²) < 4.78 is 25.1. The molecule has 0 saturated heterocycles. The Bertz CT molecular complexity index is 978. The van der Waals surface area contributed by atoms with Crippen molar-refractivity contribution in [1.29, 1.82) is 5.26 Å². The van der Waals surface area contributed by atoms with E-state index in [2.05, 4.69) is 0 Å². The summed E-state index contributed by atoms with van der Waals surface area (Å²) in [5, 5.41) is 19.9. The van der Waals surface area contributed by atoms with Crippen molar-refractivity contribution in [1.82, 2.24) is 0 Å². The molecule has 0 unspecified atom stereocenters. The smallest absolute Gasteiger partial charge is 0.258 e. The monoisotopic (exact) mass is 382 g/mol. The van der Waals surface area contributed by atoms with Gasteiger partial charge in [-0.3, -0.25) is 10.1 Å². The molecule has 0 aliphatic heterocycles. The Morgan fingerprint density at radius 2 is 1.79 bits per heavy atom. The Kier molecular flexibility index (Phi) is 5.24. The van der Waals surface area contributed by atoms with Gasteiger partial charge < -0.3 is 0 Å². The van der Waals surface area contributed by atoms with Crippen molar-refractivity contribution < 1.29 is 13.3 Å². The number of nitriles is 1. The molecule has 0 fully saturated rings. The minimum absolute atomic E-state index is 0.0655. The number of hydrogen-bond donors (Lipinski definition) is 0. The standard InChI is InChI=1S/C15H8Cl2N2O4S/c16-11-3-6-14(17)15(8-11)24(22,23)13(9-18)7-10-1-4-12(5-2-10)19(20)21/h1-8H/b13-7+. The molecule has 0 saturated carbocycles. The highest BCUT2D eigenvalue weighted by molar-refractivity contribution is 7.95. The largest absolute Gasteiger partial charge is 0.269 e. The first-order valence-electron chi connectivity index (χ1n) is 6.32. The van der Waals surface area contributed by atoms with Gasteiger partial charge in [0.15, 0.2) is 0 Å². The van der Waals surface area contributed by atoms with Crippen LogP contribution in [0.4, 0.5) is 5.69 Å². The molecule has 0 amide bonds. The molecule has 0 radical (unpaired) electrons. The van der Waals surface area contributed by atoms with E-state index in [-0.39, 0.29) is 20.6 Å². The number of hydrogen-bond acceptors (Lipinski definition) is 5. The fourth-order valence-corrected chi connectivity index (χ4v) is 3.73. The topological polar surface area (TPSA) is 101 Å². The Morgan fingerprint density at radius 3 is 2.33 bits per heavy atom. The first kappa shape index (κ1) is 17.9. The second-order valence-corrected chi connectivity index (χ2v) is 7.28. The van der Waals surface area contributed by atoms with Crippen molar-refractivity contribution >= 4 is 44.8 Å². The van der Waals surface area contributed by atoms with E-state index in [1.807, 2.05) is 0 Å². The minimum Gasteiger partial charge on any atom is -0.258 e. The maximum absolute atomic E-state index is 12.6. The number of rotatable bonds is 4.